The first-order valence-corrected chi connectivity index (χ1v) is 8.06. The van der Waals surface area contributed by atoms with E-state index in [4.69, 9.17) is 11.6 Å². The molecule has 0 heterocycles. The molecule has 0 bridgehead atoms. The van der Waals surface area contributed by atoms with Crippen LogP contribution in [-0.2, 0) is 9.84 Å². The molecule has 2 atom stereocenters. The fourth-order valence-electron chi connectivity index (χ4n) is 2.36. The van der Waals surface area contributed by atoms with Crippen LogP contribution in [0.4, 0.5) is 0 Å². The molecule has 0 amide bonds. The average Bonchev–Trinajstić information content (AvgIpc) is 3.21. The number of hydrogen-bond donors (Lipinski definition) is 0. The maximum Gasteiger partial charge on any atom is 0.181 e. The third kappa shape index (κ3) is 2.40. The van der Waals surface area contributed by atoms with E-state index in [2.05, 4.69) is 0 Å². The van der Waals surface area contributed by atoms with Gasteiger partial charge in [0.05, 0.1) is 10.1 Å². The molecule has 0 N–H and O–H groups in total. The summed E-state index contributed by atoms with van der Waals surface area (Å²) in [5, 5.41) is 0.255. The lowest BCUT2D eigenvalue weighted by Gasteiger charge is -2.04. The van der Waals surface area contributed by atoms with Crippen LogP contribution in [0.1, 0.15) is 17.9 Å². The number of benzene rings is 2. The quantitative estimate of drug-likeness (QED) is 0.865. The van der Waals surface area contributed by atoms with Crippen molar-refractivity contribution < 1.29 is 8.42 Å². The van der Waals surface area contributed by atoms with Gasteiger partial charge in [0, 0.05) is 10.9 Å². The van der Waals surface area contributed by atoms with Crippen LogP contribution in [0, 0.1) is 0 Å². The third-order valence-corrected chi connectivity index (χ3v) is 6.00. The van der Waals surface area contributed by atoms with Gasteiger partial charge in [-0.05, 0) is 36.2 Å². The maximum atomic E-state index is 12.4. The molecule has 0 spiro atoms. The van der Waals surface area contributed by atoms with Gasteiger partial charge in [-0.2, -0.15) is 0 Å². The van der Waals surface area contributed by atoms with Gasteiger partial charge in [-0.1, -0.05) is 41.9 Å². The Morgan fingerprint density at radius 1 is 0.947 bits per heavy atom. The normalized spacial score (nSPS) is 22.2. The monoisotopic (exact) mass is 292 g/mol. The van der Waals surface area contributed by atoms with Gasteiger partial charge in [0.2, 0.25) is 0 Å². The van der Waals surface area contributed by atoms with Crippen molar-refractivity contribution in [3.8, 4) is 0 Å². The largest absolute Gasteiger partial charge is 0.223 e. The van der Waals surface area contributed by atoms with Crippen LogP contribution in [0.15, 0.2) is 59.5 Å². The molecule has 1 aliphatic rings. The Bertz CT molecular complexity index is 678. The molecule has 1 fully saturated rings. The summed E-state index contributed by atoms with van der Waals surface area (Å²) in [7, 11) is -3.24. The molecule has 1 aliphatic carbocycles. The molecule has 4 heteroatoms. The third-order valence-electron chi connectivity index (χ3n) is 3.50. The molecule has 0 unspecified atom stereocenters. The molecular formula is C15H13ClO2S. The van der Waals surface area contributed by atoms with Gasteiger partial charge >= 0.3 is 0 Å². The summed E-state index contributed by atoms with van der Waals surface area (Å²) in [6.07, 6.45) is 0.703. The van der Waals surface area contributed by atoms with Crippen molar-refractivity contribution in [2.24, 2.45) is 0 Å². The minimum absolute atomic E-state index is 0.127. The van der Waals surface area contributed by atoms with Crippen molar-refractivity contribution in [3.05, 3.63) is 65.2 Å². The Morgan fingerprint density at radius 3 is 2.21 bits per heavy atom. The summed E-state index contributed by atoms with van der Waals surface area (Å²) in [5.41, 5.74) is 1.10. The molecule has 98 valence electrons. The SMILES string of the molecule is O=S(=O)(c1ccc(Cl)cc1)[C@H]1C[C@H]1c1ccccc1. The maximum absolute atomic E-state index is 12.4. The van der Waals surface area contributed by atoms with Gasteiger partial charge in [0.25, 0.3) is 0 Å². The minimum Gasteiger partial charge on any atom is -0.223 e. The first kappa shape index (κ1) is 12.7. The molecule has 3 rings (SSSR count). The Kier molecular flexibility index (Phi) is 3.11. The second-order valence-corrected chi connectivity index (χ2v) is 7.39. The van der Waals surface area contributed by atoms with Crippen molar-refractivity contribution in [1.82, 2.24) is 0 Å². The smallest absolute Gasteiger partial charge is 0.181 e. The fraction of sp³-hybridized carbons (Fsp3) is 0.200. The number of rotatable bonds is 3. The zero-order valence-electron chi connectivity index (χ0n) is 10.2. The van der Waals surface area contributed by atoms with Gasteiger partial charge in [-0.25, -0.2) is 8.42 Å². The first-order valence-electron chi connectivity index (χ1n) is 6.13. The lowest BCUT2D eigenvalue weighted by molar-refractivity contribution is 0.594. The van der Waals surface area contributed by atoms with Crippen LogP contribution < -0.4 is 0 Å². The highest BCUT2D eigenvalue weighted by Crippen LogP contribution is 2.47. The van der Waals surface area contributed by atoms with E-state index in [1.807, 2.05) is 30.3 Å². The van der Waals surface area contributed by atoms with E-state index in [0.29, 0.717) is 16.3 Å². The molecular weight excluding hydrogens is 280 g/mol. The van der Waals surface area contributed by atoms with Crippen molar-refractivity contribution in [2.75, 3.05) is 0 Å². The van der Waals surface area contributed by atoms with Crippen molar-refractivity contribution in [3.63, 3.8) is 0 Å². The second-order valence-electron chi connectivity index (χ2n) is 4.79. The summed E-state index contributed by atoms with van der Waals surface area (Å²) < 4.78 is 24.9. The summed E-state index contributed by atoms with van der Waals surface area (Å²) in [6.45, 7) is 0. The van der Waals surface area contributed by atoms with E-state index in [0.717, 1.165) is 5.56 Å². The van der Waals surface area contributed by atoms with Crippen LogP contribution in [0.25, 0.3) is 0 Å². The van der Waals surface area contributed by atoms with Gasteiger partial charge < -0.3 is 0 Å². The Balaban J connectivity index is 1.86. The van der Waals surface area contributed by atoms with Crippen LogP contribution in [0.5, 0.6) is 0 Å². The average molecular weight is 293 g/mol. The number of hydrogen-bond acceptors (Lipinski definition) is 2. The predicted octanol–water partition coefficient (Wildman–Crippen LogP) is 3.67. The van der Waals surface area contributed by atoms with Crippen molar-refractivity contribution in [1.29, 1.82) is 0 Å². The van der Waals surface area contributed by atoms with Crippen LogP contribution in [0.3, 0.4) is 0 Å². The van der Waals surface area contributed by atoms with Crippen LogP contribution in [0.2, 0.25) is 5.02 Å². The zero-order valence-corrected chi connectivity index (χ0v) is 11.7. The van der Waals surface area contributed by atoms with Gasteiger partial charge in [0.1, 0.15) is 0 Å². The molecule has 19 heavy (non-hydrogen) atoms. The molecule has 0 saturated heterocycles. The molecule has 0 aromatic heterocycles. The lowest BCUT2D eigenvalue weighted by Crippen LogP contribution is -2.09. The van der Waals surface area contributed by atoms with Gasteiger partial charge in [-0.3, -0.25) is 0 Å². The summed E-state index contributed by atoms with van der Waals surface area (Å²) >= 11 is 5.79. The highest BCUT2D eigenvalue weighted by Gasteiger charge is 2.48. The Labute approximate surface area is 118 Å². The highest BCUT2D eigenvalue weighted by atomic mass is 35.5. The van der Waals surface area contributed by atoms with E-state index >= 15 is 0 Å². The topological polar surface area (TPSA) is 34.1 Å². The standard InChI is InChI=1S/C15H13ClO2S/c16-12-6-8-13(9-7-12)19(17,18)15-10-14(15)11-4-2-1-3-5-11/h1-9,14-15H,10H2/t14-,15-/m0/s1. The predicted molar refractivity (Wildman–Crippen MR) is 76.2 cm³/mol. The van der Waals surface area contributed by atoms with Crippen molar-refractivity contribution in [2.45, 2.75) is 22.5 Å². The van der Waals surface area contributed by atoms with Crippen LogP contribution in [-0.4, -0.2) is 13.7 Å². The Hall–Kier alpha value is -1.32. The molecule has 1 saturated carbocycles. The lowest BCUT2D eigenvalue weighted by atomic mass is 10.1. The molecule has 2 aromatic carbocycles. The number of sulfone groups is 1. The molecule has 2 nitrogen and oxygen atoms in total. The van der Waals surface area contributed by atoms with E-state index < -0.39 is 9.84 Å². The van der Waals surface area contributed by atoms with E-state index in [1.54, 1.807) is 24.3 Å². The highest BCUT2D eigenvalue weighted by molar-refractivity contribution is 7.92. The second kappa shape index (κ2) is 4.66. The van der Waals surface area contributed by atoms with Gasteiger partial charge in [0.15, 0.2) is 9.84 Å². The number of halogens is 1. The minimum atomic E-state index is -3.24. The molecule has 2 aromatic rings. The van der Waals surface area contributed by atoms with E-state index in [1.165, 1.54) is 0 Å². The summed E-state index contributed by atoms with van der Waals surface area (Å²) in [6, 6.07) is 16.2. The van der Waals surface area contributed by atoms with E-state index in [-0.39, 0.29) is 11.2 Å². The van der Waals surface area contributed by atoms with E-state index in [9.17, 15) is 8.42 Å². The summed E-state index contributed by atoms with van der Waals surface area (Å²) in [5.74, 6) is 0.127. The Morgan fingerprint density at radius 2 is 1.58 bits per heavy atom. The molecule has 0 radical (unpaired) electrons. The summed E-state index contributed by atoms with van der Waals surface area (Å²) in [4.78, 5) is 0.361. The van der Waals surface area contributed by atoms with Gasteiger partial charge in [-0.15, -0.1) is 0 Å². The fourth-order valence-corrected chi connectivity index (χ4v) is 4.41. The molecule has 0 aliphatic heterocycles. The zero-order chi connectivity index (χ0) is 13.5. The first-order chi connectivity index (χ1) is 9.09. The van der Waals surface area contributed by atoms with Crippen LogP contribution >= 0.6 is 11.6 Å². The van der Waals surface area contributed by atoms with Crippen molar-refractivity contribution >= 4 is 21.4 Å².